The number of ether oxygens (including phenoxy) is 3. The molecule has 12 heteroatoms. The van der Waals surface area contributed by atoms with Crippen LogP contribution in [0.15, 0.2) is 30.3 Å². The third-order valence-electron chi connectivity index (χ3n) is 3.46. The zero-order chi connectivity index (χ0) is 19.8. The number of alkyl halides is 5. The Morgan fingerprint density at radius 2 is 1.70 bits per heavy atom. The predicted octanol–water partition coefficient (Wildman–Crippen LogP) is 3.39. The lowest BCUT2D eigenvalue weighted by Crippen LogP contribution is -2.20. The molecule has 0 N–H and O–H groups in total. The van der Waals surface area contributed by atoms with Crippen molar-refractivity contribution in [3.63, 3.8) is 0 Å². The highest BCUT2D eigenvalue weighted by atomic mass is 19.4. The van der Waals surface area contributed by atoms with Crippen LogP contribution in [0.25, 0.3) is 16.9 Å². The van der Waals surface area contributed by atoms with Crippen molar-refractivity contribution in [3.8, 4) is 22.8 Å². The van der Waals surface area contributed by atoms with Gasteiger partial charge in [0.2, 0.25) is 0 Å². The highest BCUT2D eigenvalue weighted by Gasteiger charge is 2.38. The first-order valence-corrected chi connectivity index (χ1v) is 7.24. The van der Waals surface area contributed by atoms with Crippen molar-refractivity contribution in [2.75, 3.05) is 14.2 Å². The molecule has 27 heavy (non-hydrogen) atoms. The van der Waals surface area contributed by atoms with Crippen LogP contribution in [-0.2, 0) is 10.8 Å². The summed E-state index contributed by atoms with van der Waals surface area (Å²) in [6.07, 6.45) is -8.60. The van der Waals surface area contributed by atoms with Crippen LogP contribution in [0.3, 0.4) is 0 Å². The third-order valence-corrected chi connectivity index (χ3v) is 3.46. The minimum Gasteiger partial charge on any atom is -0.496 e. The maximum atomic E-state index is 13.8. The Morgan fingerprint density at radius 3 is 2.33 bits per heavy atom. The number of nitrogens with zero attached hydrogens (tertiary/aromatic N) is 4. The maximum absolute atomic E-state index is 13.8. The summed E-state index contributed by atoms with van der Waals surface area (Å²) in [5.74, 6) is -1.35. The highest BCUT2D eigenvalue weighted by molar-refractivity contribution is 5.69. The van der Waals surface area contributed by atoms with Crippen molar-refractivity contribution in [2.24, 2.45) is 0 Å². The van der Waals surface area contributed by atoms with Crippen molar-refractivity contribution in [3.05, 3.63) is 36.2 Å². The van der Waals surface area contributed by atoms with E-state index in [-0.39, 0.29) is 22.7 Å². The van der Waals surface area contributed by atoms with Crippen LogP contribution in [-0.4, -0.2) is 40.4 Å². The number of aromatic nitrogens is 4. The molecule has 2 aromatic heterocycles. The largest absolute Gasteiger partial charge is 0.573 e. The lowest BCUT2D eigenvalue weighted by Gasteiger charge is -2.13. The number of hydrogen-bond donors (Lipinski definition) is 0. The number of fused-ring (bicyclic) bond motifs is 1. The first-order valence-electron chi connectivity index (χ1n) is 7.24. The molecule has 2 heterocycles. The van der Waals surface area contributed by atoms with Crippen LogP contribution in [0, 0.1) is 0 Å². The summed E-state index contributed by atoms with van der Waals surface area (Å²) in [6, 6.07) is 6.11. The van der Waals surface area contributed by atoms with E-state index in [1.807, 2.05) is 0 Å². The van der Waals surface area contributed by atoms with Gasteiger partial charge in [0, 0.05) is 18.7 Å². The minimum atomic E-state index is -4.87. The third kappa shape index (κ3) is 3.74. The summed E-state index contributed by atoms with van der Waals surface area (Å²) in [6.45, 7) is 0. The molecule has 0 saturated heterocycles. The lowest BCUT2D eigenvalue weighted by molar-refractivity contribution is -0.274. The molecule has 0 amide bonds. The molecule has 0 saturated carbocycles. The van der Waals surface area contributed by atoms with Crippen LogP contribution in [0.4, 0.5) is 22.0 Å². The van der Waals surface area contributed by atoms with Crippen LogP contribution in [0.1, 0.15) is 5.82 Å². The van der Waals surface area contributed by atoms with E-state index < -0.39 is 24.0 Å². The monoisotopic (exact) mass is 390 g/mol. The second-order valence-electron chi connectivity index (χ2n) is 5.14. The van der Waals surface area contributed by atoms with Crippen molar-refractivity contribution in [1.29, 1.82) is 0 Å². The van der Waals surface area contributed by atoms with Gasteiger partial charge < -0.3 is 14.2 Å². The number of methoxy groups -OCH3 is 2. The van der Waals surface area contributed by atoms with Gasteiger partial charge in [-0.1, -0.05) is 0 Å². The van der Waals surface area contributed by atoms with Crippen molar-refractivity contribution < 1.29 is 36.2 Å². The average molecular weight is 390 g/mol. The Hall–Kier alpha value is -3.02. The van der Waals surface area contributed by atoms with Crippen molar-refractivity contribution in [1.82, 2.24) is 19.8 Å². The Morgan fingerprint density at radius 1 is 0.963 bits per heavy atom. The van der Waals surface area contributed by atoms with E-state index in [0.29, 0.717) is 0 Å². The molecule has 0 fully saturated rings. The second-order valence-corrected chi connectivity index (χ2v) is 5.14. The van der Waals surface area contributed by atoms with Crippen LogP contribution < -0.4 is 9.47 Å². The van der Waals surface area contributed by atoms with E-state index in [9.17, 15) is 22.0 Å². The molecule has 3 rings (SSSR count). The van der Waals surface area contributed by atoms with E-state index in [0.717, 1.165) is 23.8 Å². The molecule has 0 aliphatic rings. The van der Waals surface area contributed by atoms with Crippen LogP contribution >= 0.6 is 0 Å². The Balaban J connectivity index is 2.08. The number of benzene rings is 1. The smallest absolute Gasteiger partial charge is 0.496 e. The first-order chi connectivity index (χ1) is 12.6. The van der Waals surface area contributed by atoms with Gasteiger partial charge in [0.25, 0.3) is 5.82 Å². The molecule has 144 valence electrons. The van der Waals surface area contributed by atoms with Gasteiger partial charge >= 0.3 is 12.5 Å². The van der Waals surface area contributed by atoms with Gasteiger partial charge in [-0.05, 0) is 24.3 Å². The Labute approximate surface area is 148 Å². The van der Waals surface area contributed by atoms with Gasteiger partial charge in [-0.3, -0.25) is 0 Å². The van der Waals surface area contributed by atoms with Crippen LogP contribution in [0.5, 0.6) is 11.5 Å². The zero-order valence-corrected chi connectivity index (χ0v) is 13.8. The van der Waals surface area contributed by atoms with Gasteiger partial charge in [0.05, 0.1) is 12.8 Å². The normalized spacial score (nSPS) is 12.4. The van der Waals surface area contributed by atoms with Crippen molar-refractivity contribution >= 4 is 5.65 Å². The fraction of sp³-hybridized carbons (Fsp3) is 0.267. The Bertz CT molecular complexity index is 974. The molecule has 0 unspecified atom stereocenters. The summed E-state index contributed by atoms with van der Waals surface area (Å²) in [7, 11) is 2.03. The van der Waals surface area contributed by atoms with Gasteiger partial charge in [-0.2, -0.15) is 18.4 Å². The summed E-state index contributed by atoms with van der Waals surface area (Å²) in [4.78, 5) is 0. The van der Waals surface area contributed by atoms with Gasteiger partial charge in [0.1, 0.15) is 11.5 Å². The van der Waals surface area contributed by atoms with Gasteiger partial charge in [0.15, 0.2) is 5.65 Å². The van der Waals surface area contributed by atoms with E-state index in [2.05, 4.69) is 24.8 Å². The number of halogens is 5. The van der Waals surface area contributed by atoms with E-state index >= 15 is 0 Å². The highest BCUT2D eigenvalue weighted by Crippen LogP contribution is 2.35. The lowest BCUT2D eigenvalue weighted by atomic mass is 10.1. The zero-order valence-electron chi connectivity index (χ0n) is 13.8. The number of hydrogen-bond acceptors (Lipinski definition) is 6. The topological polar surface area (TPSA) is 70.8 Å². The maximum Gasteiger partial charge on any atom is 0.573 e. The second kappa shape index (κ2) is 6.61. The SMILES string of the molecule is COc1cc(OC(F)(F)F)ccc1-c1ccc2nnc(C(F)(F)OC)n2n1. The summed E-state index contributed by atoms with van der Waals surface area (Å²) >= 11 is 0. The molecule has 0 bridgehead atoms. The summed E-state index contributed by atoms with van der Waals surface area (Å²) < 4.78 is 78.4. The fourth-order valence-corrected chi connectivity index (χ4v) is 2.29. The number of rotatable bonds is 5. The molecule has 0 radical (unpaired) electrons. The van der Waals surface area contributed by atoms with E-state index in [1.54, 1.807) is 0 Å². The fourth-order valence-electron chi connectivity index (χ4n) is 2.29. The first kappa shape index (κ1) is 18.8. The molecule has 0 spiro atoms. The molecule has 0 aliphatic carbocycles. The molecule has 1 aromatic carbocycles. The van der Waals surface area contributed by atoms with E-state index in [1.165, 1.54) is 25.3 Å². The molecule has 0 aliphatic heterocycles. The van der Waals surface area contributed by atoms with Gasteiger partial charge in [-0.15, -0.1) is 23.4 Å². The van der Waals surface area contributed by atoms with Gasteiger partial charge in [-0.25, -0.2) is 0 Å². The standard InChI is InChI=1S/C15H11F5N4O3/c1-25-11-7-8(27-15(18,19)20)3-4-9(11)10-5-6-12-21-22-13(24(12)23-10)14(16,17)26-2/h3-7H,1-2H3. The predicted molar refractivity (Wildman–Crippen MR) is 80.4 cm³/mol. The molecule has 7 nitrogen and oxygen atoms in total. The minimum absolute atomic E-state index is 0.00303. The summed E-state index contributed by atoms with van der Waals surface area (Å²) in [5.41, 5.74) is 0.404. The molecular weight excluding hydrogens is 379 g/mol. The molecule has 3 aromatic rings. The quantitative estimate of drug-likeness (QED) is 0.622. The van der Waals surface area contributed by atoms with Crippen molar-refractivity contribution in [2.45, 2.75) is 12.5 Å². The average Bonchev–Trinajstić information content (AvgIpc) is 3.04. The van der Waals surface area contributed by atoms with E-state index in [4.69, 9.17) is 4.74 Å². The molecular formula is C15H11F5N4O3. The summed E-state index contributed by atoms with van der Waals surface area (Å²) in [5, 5.41) is 11.0. The Kier molecular flexibility index (Phi) is 4.59. The molecule has 0 atom stereocenters. The van der Waals surface area contributed by atoms with Crippen LogP contribution in [0.2, 0.25) is 0 Å².